The van der Waals surface area contributed by atoms with Crippen LogP contribution in [0.4, 0.5) is 5.69 Å². The molecule has 1 aliphatic heterocycles. The van der Waals surface area contributed by atoms with E-state index in [0.29, 0.717) is 0 Å². The molecule has 156 valence electrons. The van der Waals surface area contributed by atoms with Crippen LogP contribution < -0.4 is 5.32 Å². The van der Waals surface area contributed by atoms with E-state index >= 15 is 0 Å². The summed E-state index contributed by atoms with van der Waals surface area (Å²) in [7, 11) is 0. The predicted octanol–water partition coefficient (Wildman–Crippen LogP) is 3.79. The third kappa shape index (κ3) is 4.78. The van der Waals surface area contributed by atoms with Crippen LogP contribution in [0.5, 0.6) is 0 Å². The number of carbonyl (C=O) groups is 1. The minimum Gasteiger partial charge on any atom is -0.361 e. The van der Waals surface area contributed by atoms with Gasteiger partial charge in [-0.3, -0.25) is 14.6 Å². The molecule has 0 saturated carbocycles. The van der Waals surface area contributed by atoms with Crippen LogP contribution in [-0.4, -0.2) is 53.1 Å². The highest BCUT2D eigenvalue weighted by Gasteiger charge is 2.26. The summed E-state index contributed by atoms with van der Waals surface area (Å²) in [5.74, 6) is 0.865. The minimum absolute atomic E-state index is 0.0268. The molecule has 1 fully saturated rings. The van der Waals surface area contributed by atoms with Gasteiger partial charge in [0.2, 0.25) is 5.91 Å². The maximum absolute atomic E-state index is 13.0. The summed E-state index contributed by atoms with van der Waals surface area (Å²) < 4.78 is 5.15. The summed E-state index contributed by atoms with van der Waals surface area (Å²) in [6.07, 6.45) is 0. The molecule has 1 saturated heterocycles. The fourth-order valence-corrected chi connectivity index (χ4v) is 3.89. The maximum Gasteiger partial charge on any atom is 0.241 e. The third-order valence-electron chi connectivity index (χ3n) is 5.67. The van der Waals surface area contributed by atoms with E-state index < -0.39 is 0 Å². The molecule has 6 heteroatoms. The Morgan fingerprint density at radius 2 is 1.77 bits per heavy atom. The van der Waals surface area contributed by atoms with E-state index in [1.54, 1.807) is 0 Å². The summed E-state index contributed by atoms with van der Waals surface area (Å²) in [6.45, 7) is 8.20. The van der Waals surface area contributed by atoms with Gasteiger partial charge in [0.05, 0.1) is 11.7 Å². The highest BCUT2D eigenvalue weighted by Crippen LogP contribution is 2.27. The number of nitrogens with zero attached hydrogens (tertiary/aromatic N) is 3. The van der Waals surface area contributed by atoms with E-state index in [9.17, 15) is 4.79 Å². The molecule has 30 heavy (non-hydrogen) atoms. The highest BCUT2D eigenvalue weighted by atomic mass is 16.5. The van der Waals surface area contributed by atoms with Crippen molar-refractivity contribution >= 4 is 11.6 Å². The summed E-state index contributed by atoms with van der Waals surface area (Å²) >= 11 is 0. The number of anilines is 1. The molecular weight excluding hydrogens is 376 g/mol. The van der Waals surface area contributed by atoms with Gasteiger partial charge in [0.1, 0.15) is 5.76 Å². The maximum atomic E-state index is 13.0. The minimum atomic E-state index is -0.190. The van der Waals surface area contributed by atoms with Crippen LogP contribution in [0.15, 0.2) is 65.2 Å². The largest absolute Gasteiger partial charge is 0.361 e. The Morgan fingerprint density at radius 3 is 2.47 bits per heavy atom. The Balaban J connectivity index is 1.35. The standard InChI is InChI=1S/C24H28N4O2/c1-18-16-21(26-30-18)17-27-12-14-28(15-13-27)19(2)24(29)25-23-11-7-6-10-22(23)20-8-4-3-5-9-20/h3-11,16,19H,12-15,17H2,1-2H3,(H,25,29)/t19-/m1/s1. The van der Waals surface area contributed by atoms with Crippen LogP contribution in [0.25, 0.3) is 11.1 Å². The van der Waals surface area contributed by atoms with Gasteiger partial charge in [-0.25, -0.2) is 0 Å². The first-order valence-corrected chi connectivity index (χ1v) is 10.4. The van der Waals surface area contributed by atoms with Crippen molar-refractivity contribution in [1.29, 1.82) is 0 Å². The molecule has 3 aromatic rings. The SMILES string of the molecule is Cc1cc(CN2CCN([C@H](C)C(=O)Nc3ccccc3-c3ccccc3)CC2)no1. The molecule has 1 aromatic heterocycles. The predicted molar refractivity (Wildman–Crippen MR) is 118 cm³/mol. The van der Waals surface area contributed by atoms with Crippen molar-refractivity contribution in [1.82, 2.24) is 15.0 Å². The fraction of sp³-hybridized carbons (Fsp3) is 0.333. The Hall–Kier alpha value is -2.96. The first kappa shape index (κ1) is 20.3. The van der Waals surface area contributed by atoms with Crippen molar-refractivity contribution in [3.63, 3.8) is 0 Å². The summed E-state index contributed by atoms with van der Waals surface area (Å²) in [6, 6.07) is 19.9. The highest BCUT2D eigenvalue weighted by molar-refractivity contribution is 5.98. The lowest BCUT2D eigenvalue weighted by Gasteiger charge is -2.37. The van der Waals surface area contributed by atoms with Crippen LogP contribution >= 0.6 is 0 Å². The van der Waals surface area contributed by atoms with E-state index in [1.165, 1.54) is 0 Å². The lowest BCUT2D eigenvalue weighted by Crippen LogP contribution is -2.52. The Bertz CT molecular complexity index is 978. The van der Waals surface area contributed by atoms with E-state index in [2.05, 4.69) is 32.4 Å². The van der Waals surface area contributed by atoms with Gasteiger partial charge in [-0.2, -0.15) is 0 Å². The molecule has 1 atom stereocenters. The second kappa shape index (κ2) is 9.24. The average Bonchev–Trinajstić information content (AvgIpc) is 3.19. The molecule has 2 aromatic carbocycles. The van der Waals surface area contributed by atoms with Crippen LogP contribution in [0.1, 0.15) is 18.4 Å². The average molecular weight is 405 g/mol. The van der Waals surface area contributed by atoms with Crippen molar-refractivity contribution in [3.05, 3.63) is 72.1 Å². The molecule has 1 N–H and O–H groups in total. The molecule has 0 radical (unpaired) electrons. The van der Waals surface area contributed by atoms with Crippen molar-refractivity contribution < 1.29 is 9.32 Å². The third-order valence-corrected chi connectivity index (χ3v) is 5.67. The van der Waals surface area contributed by atoms with Crippen molar-refractivity contribution in [2.24, 2.45) is 0 Å². The van der Waals surface area contributed by atoms with Crippen molar-refractivity contribution in [2.75, 3.05) is 31.5 Å². The first-order valence-electron chi connectivity index (χ1n) is 10.4. The molecular formula is C24H28N4O2. The van der Waals surface area contributed by atoms with Crippen molar-refractivity contribution in [3.8, 4) is 11.1 Å². The first-order chi connectivity index (χ1) is 14.6. The molecule has 6 nitrogen and oxygen atoms in total. The molecule has 1 aliphatic rings. The normalized spacial score (nSPS) is 16.3. The zero-order chi connectivity index (χ0) is 20.9. The number of para-hydroxylation sites is 1. The van der Waals surface area contributed by atoms with Gasteiger partial charge < -0.3 is 9.84 Å². The smallest absolute Gasteiger partial charge is 0.241 e. The van der Waals surface area contributed by atoms with Gasteiger partial charge in [-0.15, -0.1) is 0 Å². The van der Waals surface area contributed by atoms with Gasteiger partial charge in [0.15, 0.2) is 0 Å². The van der Waals surface area contributed by atoms with Crippen LogP contribution in [0.3, 0.4) is 0 Å². The van der Waals surface area contributed by atoms with Crippen molar-refractivity contribution in [2.45, 2.75) is 26.4 Å². The summed E-state index contributed by atoms with van der Waals surface area (Å²) in [4.78, 5) is 17.6. The topological polar surface area (TPSA) is 61.6 Å². The fourth-order valence-electron chi connectivity index (χ4n) is 3.89. The number of piperazine rings is 1. The molecule has 2 heterocycles. The van der Waals surface area contributed by atoms with Gasteiger partial charge >= 0.3 is 0 Å². The Labute approximate surface area is 177 Å². The molecule has 1 amide bonds. The molecule has 4 rings (SSSR count). The van der Waals surface area contributed by atoms with Gasteiger partial charge in [0.25, 0.3) is 0 Å². The molecule has 0 bridgehead atoms. The van der Waals surface area contributed by atoms with Crippen LogP contribution in [-0.2, 0) is 11.3 Å². The number of hydrogen-bond acceptors (Lipinski definition) is 5. The number of carbonyl (C=O) groups excluding carboxylic acids is 1. The van der Waals surface area contributed by atoms with Gasteiger partial charge in [-0.05, 0) is 25.5 Å². The lowest BCUT2D eigenvalue weighted by atomic mass is 10.0. The monoisotopic (exact) mass is 404 g/mol. The van der Waals surface area contributed by atoms with Gasteiger partial charge in [0, 0.05) is 50.0 Å². The van der Waals surface area contributed by atoms with Crippen LogP contribution in [0.2, 0.25) is 0 Å². The van der Waals surface area contributed by atoms with Crippen LogP contribution in [0, 0.1) is 6.92 Å². The molecule has 0 aliphatic carbocycles. The zero-order valence-corrected chi connectivity index (χ0v) is 17.5. The second-order valence-corrected chi connectivity index (χ2v) is 7.82. The quantitative estimate of drug-likeness (QED) is 0.677. The van der Waals surface area contributed by atoms with E-state index in [1.807, 2.05) is 62.4 Å². The van der Waals surface area contributed by atoms with E-state index in [0.717, 1.165) is 61.0 Å². The number of amides is 1. The number of aromatic nitrogens is 1. The molecule has 0 unspecified atom stereocenters. The zero-order valence-electron chi connectivity index (χ0n) is 17.5. The van der Waals surface area contributed by atoms with E-state index in [4.69, 9.17) is 4.52 Å². The number of aryl methyl sites for hydroxylation is 1. The number of nitrogens with one attached hydrogen (secondary N) is 1. The van der Waals surface area contributed by atoms with E-state index in [-0.39, 0.29) is 11.9 Å². The number of benzene rings is 2. The number of hydrogen-bond donors (Lipinski definition) is 1. The Morgan fingerprint density at radius 1 is 1.07 bits per heavy atom. The Kier molecular flexibility index (Phi) is 6.26. The number of rotatable bonds is 6. The van der Waals surface area contributed by atoms with Gasteiger partial charge in [-0.1, -0.05) is 53.7 Å². The lowest BCUT2D eigenvalue weighted by molar-refractivity contribution is -0.121. The molecule has 0 spiro atoms. The summed E-state index contributed by atoms with van der Waals surface area (Å²) in [5, 5.41) is 7.22. The summed E-state index contributed by atoms with van der Waals surface area (Å²) in [5.41, 5.74) is 3.94. The second-order valence-electron chi connectivity index (χ2n) is 7.82.